The number of nitrogens with zero attached hydrogens (tertiary/aromatic N) is 1. The lowest BCUT2D eigenvalue weighted by atomic mass is 9.77. The molecule has 0 aromatic rings. The molecule has 1 heterocycles. The number of rotatable bonds is 5. The van der Waals surface area contributed by atoms with Gasteiger partial charge in [0.15, 0.2) is 9.84 Å². The average molecular weight is 304 g/mol. The van der Waals surface area contributed by atoms with E-state index in [1.54, 1.807) is 7.05 Å². The van der Waals surface area contributed by atoms with Crippen LogP contribution < -0.4 is 5.32 Å². The summed E-state index contributed by atoms with van der Waals surface area (Å²) in [5.41, 5.74) is -0.974. The number of carboxylic acids is 1. The Hall–Kier alpha value is -1.15. The van der Waals surface area contributed by atoms with Crippen LogP contribution in [-0.2, 0) is 19.4 Å². The molecule has 1 saturated heterocycles. The first-order valence-corrected chi connectivity index (χ1v) is 8.52. The van der Waals surface area contributed by atoms with Crippen molar-refractivity contribution in [1.82, 2.24) is 10.2 Å². The molecule has 7 nitrogen and oxygen atoms in total. The molecular formula is C12H20N2O5S. The summed E-state index contributed by atoms with van der Waals surface area (Å²) in [5.74, 6) is -1.08. The number of amides is 1. The number of nitrogens with one attached hydrogen (secondary N) is 1. The van der Waals surface area contributed by atoms with Crippen molar-refractivity contribution < 1.29 is 23.1 Å². The molecule has 0 aromatic heterocycles. The van der Waals surface area contributed by atoms with E-state index in [4.69, 9.17) is 5.11 Å². The molecular weight excluding hydrogens is 284 g/mol. The van der Waals surface area contributed by atoms with Gasteiger partial charge < -0.3 is 10.0 Å². The fourth-order valence-corrected chi connectivity index (χ4v) is 4.42. The number of sulfone groups is 1. The highest BCUT2D eigenvalue weighted by Gasteiger charge is 2.44. The van der Waals surface area contributed by atoms with Crippen molar-refractivity contribution in [1.29, 1.82) is 0 Å². The van der Waals surface area contributed by atoms with Crippen molar-refractivity contribution in [3.05, 3.63) is 0 Å². The molecule has 2 N–H and O–H groups in total. The molecule has 1 amide bonds. The zero-order valence-corrected chi connectivity index (χ0v) is 12.3. The van der Waals surface area contributed by atoms with Crippen LogP contribution in [0.4, 0.5) is 0 Å². The summed E-state index contributed by atoms with van der Waals surface area (Å²) in [5, 5.41) is 12.0. The maximum Gasteiger partial charge on any atom is 0.323 e. The van der Waals surface area contributed by atoms with Gasteiger partial charge in [0.25, 0.3) is 0 Å². The molecule has 0 bridgehead atoms. The summed E-state index contributed by atoms with van der Waals surface area (Å²) in [7, 11) is -1.46. The first-order chi connectivity index (χ1) is 9.26. The van der Waals surface area contributed by atoms with Gasteiger partial charge in [-0.1, -0.05) is 0 Å². The van der Waals surface area contributed by atoms with Gasteiger partial charge in [-0.15, -0.1) is 0 Å². The molecule has 1 aliphatic heterocycles. The predicted octanol–water partition coefficient (Wildman–Crippen LogP) is -0.771. The monoisotopic (exact) mass is 304 g/mol. The number of aliphatic carboxylic acids is 1. The molecule has 0 radical (unpaired) electrons. The van der Waals surface area contributed by atoms with Gasteiger partial charge in [-0.3, -0.25) is 14.9 Å². The van der Waals surface area contributed by atoms with E-state index >= 15 is 0 Å². The Balaban J connectivity index is 1.87. The van der Waals surface area contributed by atoms with E-state index in [2.05, 4.69) is 5.32 Å². The van der Waals surface area contributed by atoms with Crippen molar-refractivity contribution >= 4 is 21.7 Å². The number of carboxylic acid groups (broad SMARTS) is 1. The summed E-state index contributed by atoms with van der Waals surface area (Å²) >= 11 is 0. The zero-order valence-electron chi connectivity index (χ0n) is 11.5. The van der Waals surface area contributed by atoms with E-state index in [9.17, 15) is 18.0 Å². The van der Waals surface area contributed by atoms with E-state index in [1.807, 2.05) is 0 Å². The van der Waals surface area contributed by atoms with Crippen molar-refractivity contribution in [2.75, 3.05) is 25.1 Å². The minimum atomic E-state index is -3.03. The van der Waals surface area contributed by atoms with Crippen molar-refractivity contribution in [3.63, 3.8) is 0 Å². The molecule has 1 unspecified atom stereocenters. The van der Waals surface area contributed by atoms with E-state index in [0.717, 1.165) is 6.42 Å². The topological polar surface area (TPSA) is 104 Å². The Bertz CT molecular complexity index is 512. The number of carbonyl (C=O) groups excluding carboxylic acids is 1. The van der Waals surface area contributed by atoms with Crippen LogP contribution in [0.1, 0.15) is 25.7 Å². The number of hydrogen-bond acceptors (Lipinski definition) is 5. The maximum atomic E-state index is 12.0. The van der Waals surface area contributed by atoms with Crippen LogP contribution in [0.3, 0.4) is 0 Å². The van der Waals surface area contributed by atoms with Gasteiger partial charge in [-0.25, -0.2) is 8.42 Å². The van der Waals surface area contributed by atoms with E-state index in [-0.39, 0.29) is 30.0 Å². The molecule has 2 fully saturated rings. The second-order valence-electron chi connectivity index (χ2n) is 5.66. The van der Waals surface area contributed by atoms with Gasteiger partial charge in [0.2, 0.25) is 5.91 Å². The maximum absolute atomic E-state index is 12.0. The van der Waals surface area contributed by atoms with Crippen LogP contribution in [0.5, 0.6) is 0 Å². The number of carbonyl (C=O) groups is 2. The first kappa shape index (κ1) is 15.2. The zero-order chi connectivity index (χ0) is 15.0. The fourth-order valence-electron chi connectivity index (χ4n) is 2.65. The molecule has 2 aliphatic rings. The fraction of sp³-hybridized carbons (Fsp3) is 0.833. The Morgan fingerprint density at radius 1 is 1.40 bits per heavy atom. The molecule has 1 atom stereocenters. The van der Waals surface area contributed by atoms with Gasteiger partial charge in [0, 0.05) is 13.1 Å². The third kappa shape index (κ3) is 2.95. The molecule has 20 heavy (non-hydrogen) atoms. The van der Waals surface area contributed by atoms with Crippen LogP contribution >= 0.6 is 0 Å². The smallest absolute Gasteiger partial charge is 0.323 e. The molecule has 2 rings (SSSR count). The molecule has 1 aliphatic carbocycles. The Kier molecular flexibility index (Phi) is 4.06. The predicted molar refractivity (Wildman–Crippen MR) is 72.0 cm³/mol. The average Bonchev–Trinajstić information content (AvgIpc) is 2.66. The van der Waals surface area contributed by atoms with Gasteiger partial charge >= 0.3 is 5.97 Å². The SMILES string of the molecule is CN(C(=O)CNC1(C(=O)O)CCC1)C1CCS(=O)(=O)C1. The molecule has 8 heteroatoms. The lowest BCUT2D eigenvalue weighted by Crippen LogP contribution is -2.59. The summed E-state index contributed by atoms with van der Waals surface area (Å²) in [4.78, 5) is 24.6. The van der Waals surface area contributed by atoms with Crippen LogP contribution in [0, 0.1) is 0 Å². The minimum Gasteiger partial charge on any atom is -0.480 e. The van der Waals surface area contributed by atoms with Crippen LogP contribution in [-0.4, -0.2) is 67.0 Å². The minimum absolute atomic E-state index is 0.000681. The quantitative estimate of drug-likeness (QED) is 0.691. The van der Waals surface area contributed by atoms with Gasteiger partial charge in [0.1, 0.15) is 5.54 Å². The summed E-state index contributed by atoms with van der Waals surface area (Å²) in [6, 6.07) is -0.295. The first-order valence-electron chi connectivity index (χ1n) is 6.70. The highest BCUT2D eigenvalue weighted by molar-refractivity contribution is 7.91. The van der Waals surface area contributed by atoms with Gasteiger partial charge in [-0.2, -0.15) is 0 Å². The second kappa shape index (κ2) is 5.33. The second-order valence-corrected chi connectivity index (χ2v) is 7.88. The van der Waals surface area contributed by atoms with E-state index in [0.29, 0.717) is 19.3 Å². The third-order valence-electron chi connectivity index (χ3n) is 4.34. The highest BCUT2D eigenvalue weighted by atomic mass is 32.2. The normalized spacial score (nSPS) is 26.8. The van der Waals surface area contributed by atoms with Crippen molar-refractivity contribution in [2.45, 2.75) is 37.3 Å². The van der Waals surface area contributed by atoms with Crippen molar-refractivity contribution in [3.8, 4) is 0 Å². The van der Waals surface area contributed by atoms with Crippen molar-refractivity contribution in [2.24, 2.45) is 0 Å². The van der Waals surface area contributed by atoms with Crippen LogP contribution in [0.15, 0.2) is 0 Å². The summed E-state index contributed by atoms with van der Waals surface area (Å²) in [6.07, 6.45) is 2.34. The van der Waals surface area contributed by atoms with Gasteiger partial charge in [-0.05, 0) is 25.7 Å². The van der Waals surface area contributed by atoms with Gasteiger partial charge in [0.05, 0.1) is 18.1 Å². The Morgan fingerprint density at radius 3 is 2.45 bits per heavy atom. The number of likely N-dealkylation sites (N-methyl/N-ethyl adjacent to an activating group) is 1. The summed E-state index contributed by atoms with van der Waals surface area (Å²) < 4.78 is 22.8. The Morgan fingerprint density at radius 2 is 2.05 bits per heavy atom. The molecule has 114 valence electrons. The molecule has 0 aromatic carbocycles. The van der Waals surface area contributed by atoms with Crippen LogP contribution in [0.25, 0.3) is 0 Å². The number of hydrogen-bond donors (Lipinski definition) is 2. The highest BCUT2D eigenvalue weighted by Crippen LogP contribution is 2.31. The molecule has 1 saturated carbocycles. The third-order valence-corrected chi connectivity index (χ3v) is 6.09. The lowest BCUT2D eigenvalue weighted by Gasteiger charge is -2.38. The van der Waals surface area contributed by atoms with E-state index < -0.39 is 21.3 Å². The van der Waals surface area contributed by atoms with Crippen LogP contribution in [0.2, 0.25) is 0 Å². The lowest BCUT2D eigenvalue weighted by molar-refractivity contribution is -0.149. The standard InChI is InChI=1S/C12H20N2O5S/c1-14(9-3-6-20(18,19)8-9)10(15)7-13-12(11(16)17)4-2-5-12/h9,13H,2-8H2,1H3,(H,16,17). The molecule has 0 spiro atoms. The largest absolute Gasteiger partial charge is 0.480 e. The van der Waals surface area contributed by atoms with E-state index in [1.165, 1.54) is 4.90 Å². The Labute approximate surface area is 118 Å². The summed E-state index contributed by atoms with van der Waals surface area (Å²) in [6.45, 7) is -0.0701.